The number of aromatic nitrogens is 1. The van der Waals surface area contributed by atoms with Gasteiger partial charge < -0.3 is 4.65 Å². The molecule has 170 valence electrons. The van der Waals surface area contributed by atoms with Crippen molar-refractivity contribution >= 4 is 34.6 Å². The topological polar surface area (TPSA) is 23.4 Å². The molecule has 2 heterocycles. The van der Waals surface area contributed by atoms with E-state index in [0.717, 1.165) is 11.5 Å². The molecule has 5 rings (SSSR count). The molecule has 0 saturated carbocycles. The summed E-state index contributed by atoms with van der Waals surface area (Å²) in [7, 11) is 0. The minimum atomic E-state index is -1.67. The van der Waals surface area contributed by atoms with E-state index in [4.69, 9.17) is 4.65 Å². The van der Waals surface area contributed by atoms with Crippen LogP contribution in [0.4, 0.5) is 0 Å². The molecule has 1 N–H and O–H groups in total. The molecule has 0 spiro atoms. The lowest BCUT2D eigenvalue weighted by atomic mass is 9.26. The Kier molecular flexibility index (Phi) is 5.44. The number of H-pyrrole nitrogens is 1. The summed E-state index contributed by atoms with van der Waals surface area (Å²) in [4.78, 5) is 3.34. The van der Waals surface area contributed by atoms with Crippen LogP contribution in [-0.2, 0) is 4.65 Å². The van der Waals surface area contributed by atoms with Crippen molar-refractivity contribution in [2.24, 2.45) is 0 Å². The summed E-state index contributed by atoms with van der Waals surface area (Å²) in [5.41, 5.74) is 13.7. The lowest BCUT2D eigenvalue weighted by Gasteiger charge is -2.44. The van der Waals surface area contributed by atoms with Crippen LogP contribution in [0, 0.1) is 41.5 Å². The second-order valence-corrected chi connectivity index (χ2v) is 9.94. The summed E-state index contributed by atoms with van der Waals surface area (Å²) in [6.45, 7) is 13.3. The Morgan fingerprint density at radius 1 is 0.676 bits per heavy atom. The van der Waals surface area contributed by atoms with E-state index in [1.165, 1.54) is 55.3 Å². The van der Waals surface area contributed by atoms with Crippen molar-refractivity contribution in [3.05, 3.63) is 118 Å². The van der Waals surface area contributed by atoms with Crippen molar-refractivity contribution in [3.8, 4) is 0 Å². The average molecular weight is 445 g/mol. The van der Waals surface area contributed by atoms with Crippen molar-refractivity contribution in [2.45, 2.75) is 41.5 Å². The van der Waals surface area contributed by atoms with Crippen LogP contribution in [0.15, 0.2) is 72.9 Å². The van der Waals surface area contributed by atoms with Gasteiger partial charge in [0, 0.05) is 18.2 Å². The molecule has 34 heavy (non-hydrogen) atoms. The highest BCUT2D eigenvalue weighted by Crippen LogP contribution is 2.33. The Labute approximate surface area is 203 Å². The quantitative estimate of drug-likeness (QED) is 0.414. The van der Waals surface area contributed by atoms with Gasteiger partial charge in [-0.1, -0.05) is 81.9 Å². The van der Waals surface area contributed by atoms with Gasteiger partial charge in [0.25, 0.3) is 0 Å². The van der Waals surface area contributed by atoms with Crippen molar-refractivity contribution in [1.82, 2.24) is 0 Å². The molecule has 2 nitrogen and oxygen atoms in total. The van der Waals surface area contributed by atoms with E-state index in [1.807, 2.05) is 18.3 Å². The zero-order valence-electron chi connectivity index (χ0n) is 21.0. The highest BCUT2D eigenvalue weighted by molar-refractivity contribution is 7.09. The van der Waals surface area contributed by atoms with Crippen LogP contribution in [-0.4, -0.2) is 6.35 Å². The number of nitrogens with one attached hydrogen (secondary N) is 1. The van der Waals surface area contributed by atoms with Crippen LogP contribution < -0.4 is 21.4 Å². The van der Waals surface area contributed by atoms with Crippen molar-refractivity contribution in [1.29, 1.82) is 0 Å². The lowest BCUT2D eigenvalue weighted by Crippen LogP contribution is -2.69. The summed E-state index contributed by atoms with van der Waals surface area (Å²) >= 11 is 0. The maximum absolute atomic E-state index is 7.30. The molecule has 0 fully saturated rings. The minimum absolute atomic E-state index is 0.914. The van der Waals surface area contributed by atoms with E-state index in [-0.39, 0.29) is 0 Å². The van der Waals surface area contributed by atoms with Crippen LogP contribution in [0.25, 0.3) is 11.8 Å². The highest BCUT2D eigenvalue weighted by Gasteiger charge is 2.43. The number of hydrogen-bond donors (Lipinski definition) is 0. The first-order chi connectivity index (χ1) is 16.3. The minimum Gasteiger partial charge on any atom is -0.702 e. The molecule has 1 aromatic heterocycles. The van der Waals surface area contributed by atoms with E-state index in [2.05, 4.69) is 107 Å². The fraction of sp³-hybridized carbons (Fsp3) is 0.194. The van der Waals surface area contributed by atoms with Gasteiger partial charge in [-0.15, -0.1) is 5.46 Å². The summed E-state index contributed by atoms with van der Waals surface area (Å²) in [6, 6.07) is 24.0. The van der Waals surface area contributed by atoms with Crippen LogP contribution in [0.1, 0.15) is 44.6 Å². The Hall–Kier alpha value is -3.59. The molecule has 0 radical (unpaired) electrons. The SMILES string of the molecule is Cc1cc(C)c([B-]2(c3c(C)cc(C)cc3C)O/C(=C\c3cccc[nH+]3)c3ccccc32)c(C)c1. The van der Waals surface area contributed by atoms with Gasteiger partial charge in [0.1, 0.15) is 0 Å². The van der Waals surface area contributed by atoms with Gasteiger partial charge in [-0.2, -0.15) is 10.9 Å². The molecular formula is C31H32BNO. The number of fused-ring (bicyclic) bond motifs is 1. The summed E-state index contributed by atoms with van der Waals surface area (Å²) in [5, 5.41) is 0. The van der Waals surface area contributed by atoms with E-state index in [1.54, 1.807) is 0 Å². The molecule has 0 saturated heterocycles. The molecule has 0 amide bonds. The van der Waals surface area contributed by atoms with Gasteiger partial charge in [-0.3, -0.25) is 0 Å². The molecule has 0 unspecified atom stereocenters. The highest BCUT2D eigenvalue weighted by atomic mass is 16.5. The van der Waals surface area contributed by atoms with Crippen molar-refractivity contribution in [2.75, 3.05) is 0 Å². The second-order valence-electron chi connectivity index (χ2n) is 9.94. The average Bonchev–Trinajstić information content (AvgIpc) is 3.07. The van der Waals surface area contributed by atoms with E-state index in [9.17, 15) is 0 Å². The van der Waals surface area contributed by atoms with E-state index < -0.39 is 6.35 Å². The molecule has 0 aliphatic carbocycles. The predicted molar refractivity (Wildman–Crippen MR) is 144 cm³/mol. The van der Waals surface area contributed by atoms with Gasteiger partial charge >= 0.3 is 0 Å². The number of benzene rings is 3. The van der Waals surface area contributed by atoms with E-state index >= 15 is 0 Å². The number of aromatic amines is 1. The van der Waals surface area contributed by atoms with Crippen LogP contribution in [0.3, 0.4) is 0 Å². The Balaban J connectivity index is 1.91. The molecule has 1 aliphatic heterocycles. The molecule has 0 bridgehead atoms. The van der Waals surface area contributed by atoms with Gasteiger partial charge in [0.05, 0.1) is 5.76 Å². The van der Waals surface area contributed by atoms with Crippen LogP contribution >= 0.6 is 0 Å². The van der Waals surface area contributed by atoms with Gasteiger partial charge in [-0.05, 0) is 53.2 Å². The van der Waals surface area contributed by atoms with Crippen LogP contribution in [0.5, 0.6) is 0 Å². The van der Waals surface area contributed by atoms with Gasteiger partial charge in [0.2, 0.25) is 12.0 Å². The van der Waals surface area contributed by atoms with Crippen molar-refractivity contribution in [3.63, 3.8) is 0 Å². The van der Waals surface area contributed by atoms with Gasteiger partial charge in [-0.25, -0.2) is 4.98 Å². The first kappa shape index (κ1) is 22.2. The number of aryl methyl sites for hydroxylation is 6. The molecule has 3 aromatic carbocycles. The maximum atomic E-state index is 7.30. The Bertz CT molecular complexity index is 1330. The summed E-state index contributed by atoms with van der Waals surface area (Å²) in [6.07, 6.45) is 2.42. The lowest BCUT2D eigenvalue weighted by molar-refractivity contribution is -0.380. The van der Waals surface area contributed by atoms with Crippen molar-refractivity contribution < 1.29 is 9.64 Å². The first-order valence-corrected chi connectivity index (χ1v) is 12.1. The number of pyridine rings is 1. The number of rotatable bonds is 3. The first-order valence-electron chi connectivity index (χ1n) is 12.1. The standard InChI is InChI=1S/C31H31BNO/c1-20-15-22(3)30(23(4)16-20)32(31-24(5)17-21(2)18-25(31)6)28-13-8-7-12-27(28)29(34-32)19-26-11-9-10-14-33-26/h7-19H,1-6H3/q-1/p+1/b29-19-. The molecule has 1 aliphatic rings. The molecule has 0 atom stereocenters. The third-order valence-corrected chi connectivity index (χ3v) is 7.28. The zero-order chi connectivity index (χ0) is 24.0. The number of hydrogen-bond acceptors (Lipinski definition) is 1. The molecule has 4 aromatic rings. The monoisotopic (exact) mass is 445 g/mol. The fourth-order valence-corrected chi connectivity index (χ4v) is 6.38. The second kappa shape index (κ2) is 8.32. The maximum Gasteiger partial charge on any atom is 0.250 e. The third kappa shape index (κ3) is 3.47. The normalized spacial score (nSPS) is 15.3. The van der Waals surface area contributed by atoms with Gasteiger partial charge in [0.15, 0.2) is 6.20 Å². The Morgan fingerprint density at radius 3 is 1.74 bits per heavy atom. The van der Waals surface area contributed by atoms with E-state index in [0.29, 0.717) is 0 Å². The Morgan fingerprint density at radius 2 is 1.21 bits per heavy atom. The molecule has 3 heteroatoms. The molecular weight excluding hydrogens is 413 g/mol. The summed E-state index contributed by atoms with van der Waals surface area (Å²) < 4.78 is 7.30. The smallest absolute Gasteiger partial charge is 0.250 e. The predicted octanol–water partition coefficient (Wildman–Crippen LogP) is 4.85. The largest absolute Gasteiger partial charge is 0.702 e. The third-order valence-electron chi connectivity index (χ3n) is 7.28. The zero-order valence-corrected chi connectivity index (χ0v) is 21.0. The fourth-order valence-electron chi connectivity index (χ4n) is 6.38. The summed E-state index contributed by atoms with van der Waals surface area (Å²) in [5.74, 6) is 0.914. The van der Waals surface area contributed by atoms with Crippen LogP contribution in [0.2, 0.25) is 0 Å².